The summed E-state index contributed by atoms with van der Waals surface area (Å²) in [5.41, 5.74) is -0.539. The first-order chi connectivity index (χ1) is 9.28. The molecule has 0 aromatic carbocycles. The van der Waals surface area contributed by atoms with Crippen molar-refractivity contribution in [2.24, 2.45) is 0 Å². The Hall–Kier alpha value is -0.800. The maximum atomic E-state index is 12.3. The Balaban J connectivity index is 2.23. The van der Waals surface area contributed by atoms with Crippen molar-refractivity contribution in [3.05, 3.63) is 0 Å². The number of halogens is 3. The third-order valence-electron chi connectivity index (χ3n) is 3.60. The second-order valence-corrected chi connectivity index (χ2v) is 5.80. The maximum Gasteiger partial charge on any atom is 0.401 e. The van der Waals surface area contributed by atoms with Gasteiger partial charge in [-0.3, -0.25) is 10.2 Å². The normalized spacial score (nSPS) is 18.9. The Morgan fingerprint density at radius 1 is 1.30 bits per heavy atom. The van der Waals surface area contributed by atoms with Crippen LogP contribution in [0.4, 0.5) is 13.2 Å². The van der Waals surface area contributed by atoms with Gasteiger partial charge in [0.05, 0.1) is 12.6 Å². The van der Waals surface area contributed by atoms with E-state index < -0.39 is 18.3 Å². The largest absolute Gasteiger partial charge is 0.401 e. The molecular formula is C14H24F3N3. The summed E-state index contributed by atoms with van der Waals surface area (Å²) in [5, 5.41) is 12.5. The molecule has 1 unspecified atom stereocenters. The van der Waals surface area contributed by atoms with Crippen LogP contribution in [0.1, 0.15) is 46.0 Å². The van der Waals surface area contributed by atoms with E-state index >= 15 is 0 Å². The SMILES string of the molecule is CCN(CCCCC(C)(C#N)NC1CC1)CC(F)(F)F. The quantitative estimate of drug-likeness (QED) is 0.664. The molecule has 0 aromatic rings. The van der Waals surface area contributed by atoms with Gasteiger partial charge in [0.2, 0.25) is 0 Å². The van der Waals surface area contributed by atoms with E-state index in [9.17, 15) is 18.4 Å². The van der Waals surface area contributed by atoms with E-state index in [1.807, 2.05) is 6.92 Å². The number of hydrogen-bond donors (Lipinski definition) is 1. The van der Waals surface area contributed by atoms with Gasteiger partial charge in [-0.2, -0.15) is 18.4 Å². The smallest absolute Gasteiger partial charge is 0.297 e. The summed E-state index contributed by atoms with van der Waals surface area (Å²) in [7, 11) is 0. The number of alkyl halides is 3. The molecule has 0 saturated heterocycles. The second-order valence-electron chi connectivity index (χ2n) is 5.80. The molecule has 0 amide bonds. The molecule has 3 nitrogen and oxygen atoms in total. The van der Waals surface area contributed by atoms with E-state index in [2.05, 4.69) is 11.4 Å². The average Bonchev–Trinajstić information content (AvgIpc) is 3.15. The first kappa shape index (κ1) is 17.3. The van der Waals surface area contributed by atoms with E-state index in [1.54, 1.807) is 6.92 Å². The fourth-order valence-corrected chi connectivity index (χ4v) is 2.26. The van der Waals surface area contributed by atoms with Crippen molar-refractivity contribution in [2.45, 2.75) is 63.7 Å². The molecule has 116 valence electrons. The fourth-order valence-electron chi connectivity index (χ4n) is 2.26. The molecule has 1 rings (SSSR count). The Kier molecular flexibility index (Phi) is 6.28. The summed E-state index contributed by atoms with van der Waals surface area (Å²) in [6.07, 6.45) is 0.235. The van der Waals surface area contributed by atoms with Gasteiger partial charge in [0.1, 0.15) is 5.54 Å². The molecule has 1 aliphatic carbocycles. The van der Waals surface area contributed by atoms with Crippen LogP contribution in [0, 0.1) is 11.3 Å². The summed E-state index contributed by atoms with van der Waals surface area (Å²) in [6.45, 7) is 3.59. The van der Waals surface area contributed by atoms with Gasteiger partial charge in [-0.05, 0) is 52.1 Å². The van der Waals surface area contributed by atoms with E-state index in [1.165, 1.54) is 4.90 Å². The van der Waals surface area contributed by atoms with Gasteiger partial charge in [-0.1, -0.05) is 6.92 Å². The summed E-state index contributed by atoms with van der Waals surface area (Å²) in [5.74, 6) is 0. The van der Waals surface area contributed by atoms with Crippen molar-refractivity contribution in [3.8, 4) is 6.07 Å². The maximum absolute atomic E-state index is 12.3. The number of unbranched alkanes of at least 4 members (excludes halogenated alkanes) is 1. The fraction of sp³-hybridized carbons (Fsp3) is 0.929. The third kappa shape index (κ3) is 7.11. The molecule has 0 heterocycles. The highest BCUT2D eigenvalue weighted by Crippen LogP contribution is 2.25. The molecule has 0 spiro atoms. The zero-order chi connectivity index (χ0) is 15.2. The standard InChI is InChI=1S/C14H24F3N3/c1-3-20(11-14(15,16)17)9-5-4-8-13(2,10-18)19-12-6-7-12/h12,19H,3-9,11H2,1-2H3. The van der Waals surface area contributed by atoms with Crippen LogP contribution < -0.4 is 5.32 Å². The van der Waals surface area contributed by atoms with Gasteiger partial charge in [0, 0.05) is 6.04 Å². The highest BCUT2D eigenvalue weighted by atomic mass is 19.4. The molecule has 1 fully saturated rings. The van der Waals surface area contributed by atoms with Crippen LogP contribution in [0.25, 0.3) is 0 Å². The van der Waals surface area contributed by atoms with Crippen LogP contribution in [0.5, 0.6) is 0 Å². The van der Waals surface area contributed by atoms with Gasteiger partial charge < -0.3 is 0 Å². The summed E-state index contributed by atoms with van der Waals surface area (Å²) < 4.78 is 36.9. The number of rotatable bonds is 9. The highest BCUT2D eigenvalue weighted by molar-refractivity contribution is 5.06. The monoisotopic (exact) mass is 291 g/mol. The number of nitrogens with one attached hydrogen (secondary N) is 1. The molecule has 6 heteroatoms. The minimum absolute atomic E-state index is 0.398. The lowest BCUT2D eigenvalue weighted by Crippen LogP contribution is -2.42. The lowest BCUT2D eigenvalue weighted by Gasteiger charge is -2.25. The minimum atomic E-state index is -4.13. The number of nitrogens with zero attached hydrogens (tertiary/aromatic N) is 2. The van der Waals surface area contributed by atoms with E-state index in [0.29, 0.717) is 32.0 Å². The van der Waals surface area contributed by atoms with Crippen molar-refractivity contribution in [1.29, 1.82) is 5.26 Å². The molecular weight excluding hydrogens is 267 g/mol. The van der Waals surface area contributed by atoms with E-state index in [0.717, 1.165) is 19.3 Å². The van der Waals surface area contributed by atoms with Crippen molar-refractivity contribution in [3.63, 3.8) is 0 Å². The molecule has 20 heavy (non-hydrogen) atoms. The zero-order valence-electron chi connectivity index (χ0n) is 12.3. The van der Waals surface area contributed by atoms with Crippen molar-refractivity contribution < 1.29 is 13.2 Å². The molecule has 1 N–H and O–H groups in total. The van der Waals surface area contributed by atoms with Gasteiger partial charge in [-0.25, -0.2) is 0 Å². The second kappa shape index (κ2) is 7.28. The summed E-state index contributed by atoms with van der Waals surface area (Å²) in [6, 6.07) is 2.74. The Labute approximate surface area is 119 Å². The van der Waals surface area contributed by atoms with Crippen LogP contribution in [0.15, 0.2) is 0 Å². The predicted octanol–water partition coefficient (Wildman–Crippen LogP) is 3.08. The van der Waals surface area contributed by atoms with Crippen molar-refractivity contribution in [2.75, 3.05) is 19.6 Å². The lowest BCUT2D eigenvalue weighted by atomic mass is 9.96. The molecule has 1 saturated carbocycles. The van der Waals surface area contributed by atoms with Gasteiger partial charge in [0.25, 0.3) is 0 Å². The van der Waals surface area contributed by atoms with Crippen LogP contribution in [-0.2, 0) is 0 Å². The first-order valence-electron chi connectivity index (χ1n) is 7.26. The van der Waals surface area contributed by atoms with Crippen LogP contribution in [-0.4, -0.2) is 42.3 Å². The minimum Gasteiger partial charge on any atom is -0.297 e. The lowest BCUT2D eigenvalue weighted by molar-refractivity contribution is -0.145. The van der Waals surface area contributed by atoms with Gasteiger partial charge in [0.15, 0.2) is 0 Å². The van der Waals surface area contributed by atoms with Crippen molar-refractivity contribution in [1.82, 2.24) is 10.2 Å². The Morgan fingerprint density at radius 3 is 2.40 bits per heavy atom. The molecule has 0 bridgehead atoms. The van der Waals surface area contributed by atoms with E-state index in [-0.39, 0.29) is 0 Å². The van der Waals surface area contributed by atoms with Crippen molar-refractivity contribution >= 4 is 0 Å². The zero-order valence-corrected chi connectivity index (χ0v) is 12.3. The topological polar surface area (TPSA) is 39.1 Å². The van der Waals surface area contributed by atoms with Gasteiger partial charge in [-0.15, -0.1) is 0 Å². The van der Waals surface area contributed by atoms with E-state index in [4.69, 9.17) is 0 Å². The molecule has 0 aliphatic heterocycles. The van der Waals surface area contributed by atoms with Crippen LogP contribution >= 0.6 is 0 Å². The first-order valence-corrected chi connectivity index (χ1v) is 7.26. The summed E-state index contributed by atoms with van der Waals surface area (Å²) in [4.78, 5) is 1.40. The van der Waals surface area contributed by atoms with Crippen LogP contribution in [0.2, 0.25) is 0 Å². The Morgan fingerprint density at radius 2 is 1.95 bits per heavy atom. The third-order valence-corrected chi connectivity index (χ3v) is 3.60. The van der Waals surface area contributed by atoms with Crippen LogP contribution in [0.3, 0.4) is 0 Å². The number of nitriles is 1. The molecule has 1 aliphatic rings. The van der Waals surface area contributed by atoms with Gasteiger partial charge >= 0.3 is 6.18 Å². The summed E-state index contributed by atoms with van der Waals surface area (Å²) >= 11 is 0. The predicted molar refractivity (Wildman–Crippen MR) is 72.2 cm³/mol. The number of hydrogen-bond acceptors (Lipinski definition) is 3. The average molecular weight is 291 g/mol. The molecule has 0 radical (unpaired) electrons. The highest BCUT2D eigenvalue weighted by Gasteiger charge is 2.32. The Bertz CT molecular complexity index is 334. The molecule has 1 atom stereocenters. The molecule has 0 aromatic heterocycles.